The predicted octanol–water partition coefficient (Wildman–Crippen LogP) is 3.84. The summed E-state index contributed by atoms with van der Waals surface area (Å²) in [4.78, 5) is 28.2. The van der Waals surface area contributed by atoms with E-state index < -0.39 is 0 Å². The van der Waals surface area contributed by atoms with E-state index in [-0.39, 0.29) is 17.9 Å². The van der Waals surface area contributed by atoms with E-state index in [0.717, 1.165) is 16.6 Å². The number of nitrogens with zero attached hydrogens (tertiary/aromatic N) is 3. The van der Waals surface area contributed by atoms with Gasteiger partial charge in [0.1, 0.15) is 0 Å². The van der Waals surface area contributed by atoms with Gasteiger partial charge >= 0.3 is 5.97 Å². The summed E-state index contributed by atoms with van der Waals surface area (Å²) in [7, 11) is 0. The number of hydrogen-bond donors (Lipinski definition) is 1. The van der Waals surface area contributed by atoms with Gasteiger partial charge in [0.05, 0.1) is 18.4 Å². The minimum atomic E-state index is -0.386. The summed E-state index contributed by atoms with van der Waals surface area (Å²) in [6.45, 7) is 6.15. The largest absolute Gasteiger partial charge is 0.463 e. The number of pyridine rings is 1. The first-order valence-corrected chi connectivity index (χ1v) is 9.07. The number of anilines is 1. The molecule has 28 heavy (non-hydrogen) atoms. The average Bonchev–Trinajstić information content (AvgIpc) is 3.11. The second-order valence-electron chi connectivity index (χ2n) is 6.48. The van der Waals surface area contributed by atoms with Crippen molar-refractivity contribution < 1.29 is 14.3 Å². The van der Waals surface area contributed by atoms with Crippen LogP contribution in [0.15, 0.2) is 48.8 Å². The van der Waals surface area contributed by atoms with Crippen LogP contribution in [0.2, 0.25) is 0 Å². The van der Waals surface area contributed by atoms with Crippen LogP contribution in [-0.4, -0.2) is 33.2 Å². The van der Waals surface area contributed by atoms with Crippen molar-refractivity contribution in [3.63, 3.8) is 0 Å². The van der Waals surface area contributed by atoms with Gasteiger partial charge in [0.15, 0.2) is 5.65 Å². The Kier molecular flexibility index (Phi) is 5.84. The molecular weight excluding hydrogens is 356 g/mol. The smallest absolute Gasteiger partial charge is 0.330 e. The molecule has 0 unspecified atom stereocenters. The van der Waals surface area contributed by atoms with Crippen LogP contribution in [0.25, 0.3) is 17.1 Å². The Morgan fingerprint density at radius 1 is 1.21 bits per heavy atom. The Labute approximate surface area is 163 Å². The van der Waals surface area contributed by atoms with Gasteiger partial charge < -0.3 is 10.1 Å². The number of ether oxygens (including phenoxy) is 1. The third kappa shape index (κ3) is 4.43. The molecule has 0 aliphatic carbocycles. The van der Waals surface area contributed by atoms with Gasteiger partial charge in [-0.1, -0.05) is 12.1 Å². The van der Waals surface area contributed by atoms with Crippen LogP contribution in [0, 0.1) is 0 Å². The summed E-state index contributed by atoms with van der Waals surface area (Å²) in [5.41, 5.74) is 2.69. The lowest BCUT2D eigenvalue weighted by Crippen LogP contribution is -2.12. The van der Waals surface area contributed by atoms with E-state index in [9.17, 15) is 9.59 Å². The molecule has 7 heteroatoms. The first-order valence-electron chi connectivity index (χ1n) is 9.07. The third-order valence-corrected chi connectivity index (χ3v) is 4.05. The molecule has 0 fully saturated rings. The van der Waals surface area contributed by atoms with Gasteiger partial charge in [0.25, 0.3) is 5.91 Å². The highest BCUT2D eigenvalue weighted by Crippen LogP contribution is 2.18. The van der Waals surface area contributed by atoms with Gasteiger partial charge in [-0.3, -0.25) is 4.79 Å². The van der Waals surface area contributed by atoms with Crippen molar-refractivity contribution in [1.29, 1.82) is 0 Å². The van der Waals surface area contributed by atoms with E-state index >= 15 is 0 Å². The quantitative estimate of drug-likeness (QED) is 0.520. The van der Waals surface area contributed by atoms with E-state index in [0.29, 0.717) is 17.9 Å². The summed E-state index contributed by atoms with van der Waals surface area (Å²) in [5.74, 6) is -0.634. The molecule has 1 amide bonds. The molecule has 2 aromatic heterocycles. The van der Waals surface area contributed by atoms with E-state index in [1.807, 2.05) is 18.5 Å². The van der Waals surface area contributed by atoms with E-state index in [2.05, 4.69) is 15.4 Å². The molecule has 0 aliphatic rings. The van der Waals surface area contributed by atoms with Gasteiger partial charge in [0, 0.05) is 29.4 Å². The molecule has 0 aliphatic heterocycles. The van der Waals surface area contributed by atoms with E-state index in [1.54, 1.807) is 55.7 Å². The van der Waals surface area contributed by atoms with Gasteiger partial charge in [-0.25, -0.2) is 14.5 Å². The Hall–Kier alpha value is -3.48. The third-order valence-electron chi connectivity index (χ3n) is 4.05. The van der Waals surface area contributed by atoms with Crippen LogP contribution in [0.4, 0.5) is 5.69 Å². The molecule has 3 rings (SSSR count). The number of aromatic nitrogens is 3. The van der Waals surface area contributed by atoms with E-state index in [4.69, 9.17) is 4.74 Å². The molecule has 1 N–H and O–H groups in total. The maximum Gasteiger partial charge on any atom is 0.330 e. The van der Waals surface area contributed by atoms with Crippen molar-refractivity contribution >= 4 is 34.7 Å². The second-order valence-corrected chi connectivity index (χ2v) is 6.48. The lowest BCUT2D eigenvalue weighted by atomic mass is 10.2. The molecule has 0 saturated carbocycles. The maximum absolute atomic E-state index is 12.5. The number of rotatable bonds is 6. The minimum Gasteiger partial charge on any atom is -0.463 e. The van der Waals surface area contributed by atoms with Crippen LogP contribution in [0.1, 0.15) is 42.7 Å². The average molecular weight is 378 g/mol. The Morgan fingerprint density at radius 3 is 2.64 bits per heavy atom. The number of fused-ring (bicyclic) bond motifs is 1. The van der Waals surface area contributed by atoms with Gasteiger partial charge in [0.2, 0.25) is 0 Å². The van der Waals surface area contributed by atoms with Crippen LogP contribution in [0.5, 0.6) is 0 Å². The van der Waals surface area contributed by atoms with Gasteiger partial charge in [-0.15, -0.1) is 0 Å². The van der Waals surface area contributed by atoms with Crippen molar-refractivity contribution in [2.75, 3.05) is 11.9 Å². The monoisotopic (exact) mass is 378 g/mol. The molecule has 0 bridgehead atoms. The topological polar surface area (TPSA) is 86.1 Å². The van der Waals surface area contributed by atoms with Crippen molar-refractivity contribution in [2.45, 2.75) is 26.8 Å². The molecule has 0 atom stereocenters. The number of carbonyl (C=O) groups is 2. The molecule has 0 saturated heterocycles. The second kappa shape index (κ2) is 8.47. The highest BCUT2D eigenvalue weighted by atomic mass is 16.5. The van der Waals surface area contributed by atoms with E-state index in [1.165, 1.54) is 6.08 Å². The molecule has 0 spiro atoms. The lowest BCUT2D eigenvalue weighted by Gasteiger charge is -2.07. The zero-order valence-corrected chi connectivity index (χ0v) is 16.0. The molecule has 7 nitrogen and oxygen atoms in total. The van der Waals surface area contributed by atoms with Crippen molar-refractivity contribution in [3.05, 3.63) is 59.9 Å². The Morgan fingerprint density at radius 2 is 1.96 bits per heavy atom. The molecule has 1 aromatic carbocycles. The zero-order valence-electron chi connectivity index (χ0n) is 16.0. The Bertz CT molecular complexity index is 1020. The summed E-state index contributed by atoms with van der Waals surface area (Å²) < 4.78 is 6.66. The number of carbonyl (C=O) groups excluding carboxylic acids is 2. The van der Waals surface area contributed by atoms with Gasteiger partial charge in [-0.05, 0) is 50.6 Å². The fraction of sp³-hybridized carbons (Fsp3) is 0.238. The number of esters is 1. The summed E-state index contributed by atoms with van der Waals surface area (Å²) in [6, 6.07) is 9.12. The first-order chi connectivity index (χ1) is 13.5. The highest BCUT2D eigenvalue weighted by molar-refractivity contribution is 6.05. The van der Waals surface area contributed by atoms with Gasteiger partial charge in [-0.2, -0.15) is 5.10 Å². The molecular formula is C21H22N4O3. The molecule has 2 heterocycles. The predicted molar refractivity (Wildman–Crippen MR) is 108 cm³/mol. The van der Waals surface area contributed by atoms with Crippen LogP contribution in [0.3, 0.4) is 0 Å². The van der Waals surface area contributed by atoms with Crippen molar-refractivity contribution in [2.24, 2.45) is 0 Å². The fourth-order valence-corrected chi connectivity index (χ4v) is 2.68. The minimum absolute atomic E-state index is 0.195. The van der Waals surface area contributed by atoms with Crippen LogP contribution >= 0.6 is 0 Å². The number of amides is 1. The number of hydrogen-bond acceptors (Lipinski definition) is 5. The standard InChI is InChI=1S/C21H22N4O3/c1-4-28-19(26)10-7-15-5-8-18(9-6-15)24-21(27)17-11-16-13-23-25(14(2)3)20(16)22-12-17/h5-14H,4H2,1-3H3,(H,24,27)/b10-7+. The number of nitrogens with one attached hydrogen (secondary N) is 1. The highest BCUT2D eigenvalue weighted by Gasteiger charge is 2.12. The summed E-state index contributed by atoms with van der Waals surface area (Å²) in [5, 5.41) is 7.98. The SMILES string of the molecule is CCOC(=O)/C=C/c1ccc(NC(=O)c2cnc3c(cnn3C(C)C)c2)cc1. The van der Waals surface area contributed by atoms with Crippen molar-refractivity contribution in [3.8, 4) is 0 Å². The summed E-state index contributed by atoms with van der Waals surface area (Å²) in [6.07, 6.45) is 6.29. The molecule has 3 aromatic rings. The fourth-order valence-electron chi connectivity index (χ4n) is 2.68. The number of benzene rings is 1. The van der Waals surface area contributed by atoms with Crippen molar-refractivity contribution in [1.82, 2.24) is 14.8 Å². The van der Waals surface area contributed by atoms with Crippen LogP contribution in [-0.2, 0) is 9.53 Å². The normalized spacial score (nSPS) is 11.3. The molecule has 144 valence electrons. The van der Waals surface area contributed by atoms with Crippen LogP contribution < -0.4 is 5.32 Å². The maximum atomic E-state index is 12.5. The molecule has 0 radical (unpaired) electrons. The zero-order chi connectivity index (χ0) is 20.1. The summed E-state index contributed by atoms with van der Waals surface area (Å²) >= 11 is 0. The lowest BCUT2D eigenvalue weighted by molar-refractivity contribution is -0.137. The first kappa shape index (κ1) is 19.3. The Balaban J connectivity index is 1.69.